The molecule has 148 valence electrons. The first-order valence-corrected chi connectivity index (χ1v) is 10.4. The second-order valence-electron chi connectivity index (χ2n) is 7.48. The zero-order chi connectivity index (χ0) is 19.0. The Morgan fingerprint density at radius 3 is 1.44 bits per heavy atom. The first kappa shape index (κ1) is 23.9. The Bertz CT molecular complexity index is 354. The molecule has 0 heterocycles. The molecule has 0 bridgehead atoms. The molecule has 0 amide bonds. The average molecular weight is 357 g/mol. The third-order valence-corrected chi connectivity index (χ3v) is 4.83. The zero-order valence-electron chi connectivity index (χ0n) is 16.8. The molecule has 0 saturated heterocycles. The third-order valence-electron chi connectivity index (χ3n) is 4.83. The summed E-state index contributed by atoms with van der Waals surface area (Å²) in [6.45, 7) is 5.00. The smallest absolute Gasteiger partial charge is 0.347 e. The molecule has 0 aliphatic heterocycles. The van der Waals surface area contributed by atoms with Crippen molar-refractivity contribution in [1.82, 2.24) is 0 Å². The molecule has 1 atom stereocenters. The maximum absolute atomic E-state index is 11.2. The van der Waals surface area contributed by atoms with Crippen LogP contribution < -0.4 is 0 Å². The number of carbonyl (C=O) groups excluding carboxylic acids is 1. The Morgan fingerprint density at radius 1 is 0.760 bits per heavy atom. The number of carbonyl (C=O) groups is 2. The molecule has 0 saturated carbocycles. The monoisotopic (exact) mass is 356 g/mol. The molecule has 1 unspecified atom stereocenters. The largest absolute Gasteiger partial charge is 0.478 e. The summed E-state index contributed by atoms with van der Waals surface area (Å²) in [7, 11) is 0. The molecule has 1 N–H and O–H groups in total. The maximum Gasteiger partial charge on any atom is 0.347 e. The van der Waals surface area contributed by atoms with Crippen molar-refractivity contribution in [3.63, 3.8) is 0 Å². The molecule has 0 aliphatic carbocycles. The summed E-state index contributed by atoms with van der Waals surface area (Å²) in [6.07, 6.45) is 18.1. The number of rotatable bonds is 17. The van der Waals surface area contributed by atoms with Gasteiger partial charge in [-0.1, -0.05) is 90.4 Å². The van der Waals surface area contributed by atoms with Crippen molar-refractivity contribution in [2.45, 2.75) is 123 Å². The van der Waals surface area contributed by atoms with E-state index < -0.39 is 17.5 Å². The van der Waals surface area contributed by atoms with Gasteiger partial charge in [0.15, 0.2) is 0 Å². The Morgan fingerprint density at radius 2 is 1.12 bits per heavy atom. The lowest BCUT2D eigenvalue weighted by molar-refractivity contribution is -0.176. The topological polar surface area (TPSA) is 63.6 Å². The van der Waals surface area contributed by atoms with Crippen LogP contribution in [-0.4, -0.2) is 22.6 Å². The first-order valence-electron chi connectivity index (χ1n) is 10.4. The van der Waals surface area contributed by atoms with E-state index >= 15 is 0 Å². The fourth-order valence-electron chi connectivity index (χ4n) is 3.18. The van der Waals surface area contributed by atoms with E-state index in [2.05, 4.69) is 6.92 Å². The van der Waals surface area contributed by atoms with Crippen LogP contribution in [0.25, 0.3) is 0 Å². The van der Waals surface area contributed by atoms with Crippen LogP contribution in [0.5, 0.6) is 0 Å². The van der Waals surface area contributed by atoms with E-state index in [-0.39, 0.29) is 0 Å². The predicted molar refractivity (Wildman–Crippen MR) is 103 cm³/mol. The van der Waals surface area contributed by atoms with Gasteiger partial charge in [-0.05, 0) is 19.8 Å². The van der Waals surface area contributed by atoms with Crippen molar-refractivity contribution in [2.75, 3.05) is 0 Å². The summed E-state index contributed by atoms with van der Waals surface area (Å²) in [5.41, 5.74) is -1.37. The van der Waals surface area contributed by atoms with Gasteiger partial charge in [0.25, 0.3) is 0 Å². The van der Waals surface area contributed by atoms with Gasteiger partial charge in [0.1, 0.15) is 0 Å². The van der Waals surface area contributed by atoms with E-state index in [4.69, 9.17) is 4.74 Å². The zero-order valence-corrected chi connectivity index (χ0v) is 16.8. The Balaban J connectivity index is 3.46. The summed E-state index contributed by atoms with van der Waals surface area (Å²) in [5, 5.41) is 9.21. The van der Waals surface area contributed by atoms with Gasteiger partial charge < -0.3 is 9.84 Å². The highest BCUT2D eigenvalue weighted by Crippen LogP contribution is 2.21. The number of hydrogen-bond acceptors (Lipinski definition) is 3. The lowest BCUT2D eigenvalue weighted by Crippen LogP contribution is -2.39. The van der Waals surface area contributed by atoms with Crippen LogP contribution in [0.2, 0.25) is 0 Å². The molecule has 0 spiro atoms. The Labute approximate surface area is 154 Å². The SMILES string of the molecule is CCCCCCCCCCCCCCCCC(C)(OC(C)=O)C(=O)O. The van der Waals surface area contributed by atoms with Crippen LogP contribution in [0, 0.1) is 0 Å². The van der Waals surface area contributed by atoms with E-state index in [9.17, 15) is 14.7 Å². The fourth-order valence-corrected chi connectivity index (χ4v) is 3.18. The van der Waals surface area contributed by atoms with Gasteiger partial charge in [0.2, 0.25) is 5.60 Å². The quantitative estimate of drug-likeness (QED) is 0.246. The van der Waals surface area contributed by atoms with Gasteiger partial charge in [0, 0.05) is 6.92 Å². The Kier molecular flexibility index (Phi) is 14.6. The molecule has 4 nitrogen and oxygen atoms in total. The van der Waals surface area contributed by atoms with Crippen molar-refractivity contribution < 1.29 is 19.4 Å². The molecular weight excluding hydrogens is 316 g/mol. The van der Waals surface area contributed by atoms with Gasteiger partial charge in [-0.25, -0.2) is 4.79 Å². The summed E-state index contributed by atoms with van der Waals surface area (Å²) < 4.78 is 4.97. The number of unbranched alkanes of at least 4 members (excludes halogenated alkanes) is 13. The predicted octanol–water partition coefficient (Wildman–Crippen LogP) is 6.26. The number of carboxylic acids is 1. The number of esters is 1. The number of aliphatic carboxylic acids is 1. The van der Waals surface area contributed by atoms with Crippen LogP contribution in [0.4, 0.5) is 0 Å². The normalized spacial score (nSPS) is 13.4. The first-order chi connectivity index (χ1) is 11.9. The fraction of sp³-hybridized carbons (Fsp3) is 0.905. The molecule has 25 heavy (non-hydrogen) atoms. The maximum atomic E-state index is 11.2. The summed E-state index contributed by atoms with van der Waals surface area (Å²) >= 11 is 0. The van der Waals surface area contributed by atoms with Crippen LogP contribution in [-0.2, 0) is 14.3 Å². The van der Waals surface area contributed by atoms with Crippen LogP contribution in [0.1, 0.15) is 117 Å². The molecule has 0 radical (unpaired) electrons. The van der Waals surface area contributed by atoms with E-state index in [1.165, 1.54) is 84.5 Å². The van der Waals surface area contributed by atoms with Gasteiger partial charge in [-0.3, -0.25) is 4.79 Å². The Hall–Kier alpha value is -1.06. The standard InChI is InChI=1S/C21H40O4/c1-4-5-6-7-8-9-10-11-12-13-14-15-16-17-18-21(3,20(23)24)25-19(2)22/h4-18H2,1-3H3,(H,23,24). The number of carboxylic acid groups (broad SMARTS) is 1. The number of hydrogen-bond donors (Lipinski definition) is 1. The van der Waals surface area contributed by atoms with Crippen molar-refractivity contribution >= 4 is 11.9 Å². The highest BCUT2D eigenvalue weighted by Gasteiger charge is 2.35. The van der Waals surface area contributed by atoms with Gasteiger partial charge in [0.05, 0.1) is 0 Å². The summed E-state index contributed by atoms with van der Waals surface area (Å²) in [4.78, 5) is 22.3. The van der Waals surface area contributed by atoms with E-state index in [0.717, 1.165) is 19.3 Å². The third kappa shape index (κ3) is 13.9. The van der Waals surface area contributed by atoms with Gasteiger partial charge >= 0.3 is 11.9 Å². The lowest BCUT2D eigenvalue weighted by atomic mass is 9.97. The highest BCUT2D eigenvalue weighted by atomic mass is 16.6. The molecule has 0 fully saturated rings. The van der Waals surface area contributed by atoms with E-state index in [0.29, 0.717) is 6.42 Å². The van der Waals surface area contributed by atoms with Gasteiger partial charge in [-0.2, -0.15) is 0 Å². The van der Waals surface area contributed by atoms with Gasteiger partial charge in [-0.15, -0.1) is 0 Å². The summed E-state index contributed by atoms with van der Waals surface area (Å²) in [6, 6.07) is 0. The summed E-state index contributed by atoms with van der Waals surface area (Å²) in [5.74, 6) is -1.59. The van der Waals surface area contributed by atoms with Crippen molar-refractivity contribution in [3.05, 3.63) is 0 Å². The average Bonchev–Trinajstić information content (AvgIpc) is 2.54. The van der Waals surface area contributed by atoms with Crippen molar-refractivity contribution in [3.8, 4) is 0 Å². The molecule has 0 aromatic rings. The molecule has 0 aromatic heterocycles. The second kappa shape index (κ2) is 15.2. The second-order valence-corrected chi connectivity index (χ2v) is 7.48. The molecule has 0 aromatic carbocycles. The molecular formula is C21H40O4. The van der Waals surface area contributed by atoms with Crippen molar-refractivity contribution in [1.29, 1.82) is 0 Å². The van der Waals surface area contributed by atoms with Crippen LogP contribution >= 0.6 is 0 Å². The van der Waals surface area contributed by atoms with Crippen LogP contribution in [0.3, 0.4) is 0 Å². The minimum absolute atomic E-state index is 0.389. The van der Waals surface area contributed by atoms with E-state index in [1.807, 2.05) is 0 Å². The minimum atomic E-state index is -1.37. The molecule has 0 rings (SSSR count). The highest BCUT2D eigenvalue weighted by molar-refractivity contribution is 5.80. The molecule has 0 aliphatic rings. The molecule has 4 heteroatoms. The minimum Gasteiger partial charge on any atom is -0.478 e. The van der Waals surface area contributed by atoms with Crippen molar-refractivity contribution in [2.24, 2.45) is 0 Å². The number of ether oxygens (including phenoxy) is 1. The van der Waals surface area contributed by atoms with Crippen LogP contribution in [0.15, 0.2) is 0 Å². The lowest BCUT2D eigenvalue weighted by Gasteiger charge is -2.24. The van der Waals surface area contributed by atoms with E-state index in [1.54, 1.807) is 0 Å².